The number of rotatable bonds is 12. The lowest BCUT2D eigenvalue weighted by atomic mass is 9.82. The Morgan fingerprint density at radius 3 is 2.65 bits per heavy atom. The van der Waals surface area contributed by atoms with Gasteiger partial charge in [0.05, 0.1) is 38.7 Å². The molecule has 220 valence electrons. The number of β-lactam (4-membered cyclic amide) rings is 1. The standard InChI is InChI=1S/C25H35N5O9S/c1-14(31)37-10-15-8-18(40)21-19(26-24(34)39-25(2,3)4)22(32)30(21)20(15)23(33)36-7-5-6-29-9-16(27-28-29)11-35-12-17-13-38-17/h8-9,17-21,40H,5-7,10-13H2,1-4H3,(H,26,34)/t17?,18?,19-,20-,21+/m1/s1. The average Bonchev–Trinajstić information content (AvgIpc) is 3.58. The van der Waals surface area contributed by atoms with Crippen LogP contribution in [0.4, 0.5) is 4.79 Å². The third-order valence-electron chi connectivity index (χ3n) is 6.20. The van der Waals surface area contributed by atoms with Crippen LogP contribution in [0.1, 0.15) is 39.8 Å². The molecule has 3 aliphatic rings. The van der Waals surface area contributed by atoms with Gasteiger partial charge in [-0.25, -0.2) is 9.59 Å². The van der Waals surface area contributed by atoms with Crippen LogP contribution in [-0.4, -0.2) is 105 Å². The minimum atomic E-state index is -1.12. The van der Waals surface area contributed by atoms with Gasteiger partial charge in [-0.1, -0.05) is 11.3 Å². The van der Waals surface area contributed by atoms with E-state index < -0.39 is 52.9 Å². The SMILES string of the molecule is CC(=O)OCC1=CC(S)[C@H]2[C@@H](NC(=O)OC(C)(C)C)C(=O)N2[C@H]1C(=O)OCCCn1cc(COCC2CO2)nn1. The van der Waals surface area contributed by atoms with Crippen molar-refractivity contribution < 1.29 is 42.9 Å². The molecule has 2 amide bonds. The zero-order chi connectivity index (χ0) is 29.0. The molecule has 3 aliphatic heterocycles. The van der Waals surface area contributed by atoms with Crippen molar-refractivity contribution in [3.05, 3.63) is 23.5 Å². The second-order valence-corrected chi connectivity index (χ2v) is 11.3. The van der Waals surface area contributed by atoms with Gasteiger partial charge in [0.15, 0.2) is 6.04 Å². The summed E-state index contributed by atoms with van der Waals surface area (Å²) in [6, 6.07) is -2.67. The zero-order valence-electron chi connectivity index (χ0n) is 22.9. The highest BCUT2D eigenvalue weighted by Gasteiger charge is 2.58. The highest BCUT2D eigenvalue weighted by molar-refractivity contribution is 7.81. The predicted octanol–water partition coefficient (Wildman–Crippen LogP) is 0.401. The van der Waals surface area contributed by atoms with E-state index in [1.807, 2.05) is 0 Å². The van der Waals surface area contributed by atoms with Crippen LogP contribution in [0.3, 0.4) is 0 Å². The number of ether oxygens (including phenoxy) is 5. The summed E-state index contributed by atoms with van der Waals surface area (Å²) in [4.78, 5) is 51.4. The van der Waals surface area contributed by atoms with Crippen molar-refractivity contribution in [2.45, 2.75) is 82.3 Å². The number of aryl methyl sites for hydroxylation is 1. The Kier molecular flexibility index (Phi) is 9.36. The van der Waals surface area contributed by atoms with Crippen LogP contribution in [0.5, 0.6) is 0 Å². The second-order valence-electron chi connectivity index (χ2n) is 10.7. The highest BCUT2D eigenvalue weighted by Crippen LogP contribution is 2.37. The van der Waals surface area contributed by atoms with E-state index in [0.29, 0.717) is 37.4 Å². The highest BCUT2D eigenvalue weighted by atomic mass is 32.1. The lowest BCUT2D eigenvalue weighted by molar-refractivity contribution is -0.167. The van der Waals surface area contributed by atoms with Crippen LogP contribution in [0.2, 0.25) is 0 Å². The van der Waals surface area contributed by atoms with Crippen molar-refractivity contribution in [1.29, 1.82) is 0 Å². The van der Waals surface area contributed by atoms with Gasteiger partial charge in [0.25, 0.3) is 0 Å². The van der Waals surface area contributed by atoms with Crippen molar-refractivity contribution in [2.75, 3.05) is 26.4 Å². The third-order valence-corrected chi connectivity index (χ3v) is 6.66. The molecule has 5 atom stereocenters. The van der Waals surface area contributed by atoms with Gasteiger partial charge in [-0.15, -0.1) is 5.10 Å². The van der Waals surface area contributed by atoms with Gasteiger partial charge in [0, 0.05) is 25.1 Å². The van der Waals surface area contributed by atoms with Crippen LogP contribution in [0.15, 0.2) is 17.8 Å². The molecule has 0 radical (unpaired) electrons. The number of alkyl carbamates (subject to hydrolysis) is 1. The van der Waals surface area contributed by atoms with Crippen molar-refractivity contribution >= 4 is 36.6 Å². The Morgan fingerprint density at radius 2 is 1.98 bits per heavy atom. The first-order valence-electron chi connectivity index (χ1n) is 13.0. The van der Waals surface area contributed by atoms with Gasteiger partial charge >= 0.3 is 18.0 Å². The average molecular weight is 582 g/mol. The van der Waals surface area contributed by atoms with Crippen LogP contribution < -0.4 is 5.32 Å². The van der Waals surface area contributed by atoms with E-state index in [2.05, 4.69) is 28.3 Å². The maximum atomic E-state index is 13.2. The Bertz CT molecular complexity index is 1150. The summed E-state index contributed by atoms with van der Waals surface area (Å²) in [6.45, 7) is 8.23. The van der Waals surface area contributed by atoms with E-state index >= 15 is 0 Å². The van der Waals surface area contributed by atoms with Crippen LogP contribution in [0.25, 0.3) is 0 Å². The number of epoxide rings is 1. The number of nitrogens with zero attached hydrogens (tertiary/aromatic N) is 4. The van der Waals surface area contributed by atoms with Crippen LogP contribution in [-0.2, 0) is 51.2 Å². The molecular formula is C25H35N5O9S. The van der Waals surface area contributed by atoms with Gasteiger partial charge in [-0.05, 0) is 26.3 Å². The van der Waals surface area contributed by atoms with Gasteiger partial charge in [-0.2, -0.15) is 12.6 Å². The molecule has 40 heavy (non-hydrogen) atoms. The quantitative estimate of drug-likeness (QED) is 0.0668. The number of carbonyl (C=O) groups is 4. The molecule has 1 N–H and O–H groups in total. The summed E-state index contributed by atoms with van der Waals surface area (Å²) in [5.41, 5.74) is 0.302. The number of esters is 2. The van der Waals surface area contributed by atoms with E-state index in [1.165, 1.54) is 11.8 Å². The molecule has 4 heterocycles. The topological polar surface area (TPSA) is 164 Å². The molecular weight excluding hydrogens is 546 g/mol. The summed E-state index contributed by atoms with van der Waals surface area (Å²) < 4.78 is 28.1. The molecule has 15 heteroatoms. The maximum absolute atomic E-state index is 13.2. The van der Waals surface area contributed by atoms with Gasteiger partial charge in [0.1, 0.15) is 30.0 Å². The molecule has 0 aromatic carbocycles. The first-order chi connectivity index (χ1) is 18.9. The summed E-state index contributed by atoms with van der Waals surface area (Å²) in [5, 5.41) is 10.1. The number of fused-ring (bicyclic) bond motifs is 1. The second kappa shape index (κ2) is 12.6. The molecule has 0 spiro atoms. The Morgan fingerprint density at radius 1 is 1.23 bits per heavy atom. The Labute approximate surface area is 237 Å². The summed E-state index contributed by atoms with van der Waals surface area (Å²) in [5.74, 6) is -1.71. The molecule has 4 rings (SSSR count). The van der Waals surface area contributed by atoms with E-state index in [-0.39, 0.29) is 19.3 Å². The zero-order valence-corrected chi connectivity index (χ0v) is 23.8. The van der Waals surface area contributed by atoms with Crippen molar-refractivity contribution in [3.63, 3.8) is 0 Å². The van der Waals surface area contributed by atoms with Crippen molar-refractivity contribution in [2.24, 2.45) is 0 Å². The van der Waals surface area contributed by atoms with Crippen LogP contribution >= 0.6 is 12.6 Å². The molecule has 0 bridgehead atoms. The van der Waals surface area contributed by atoms with E-state index in [9.17, 15) is 19.2 Å². The molecule has 14 nitrogen and oxygen atoms in total. The van der Waals surface area contributed by atoms with Crippen molar-refractivity contribution in [3.8, 4) is 0 Å². The summed E-state index contributed by atoms with van der Waals surface area (Å²) >= 11 is 4.56. The number of nitrogens with one attached hydrogen (secondary N) is 1. The first kappa shape index (κ1) is 29.8. The molecule has 1 aromatic rings. The van der Waals surface area contributed by atoms with Gasteiger partial charge in [0.2, 0.25) is 5.91 Å². The Balaban J connectivity index is 1.33. The Hall–Kier alpha value is -3.17. The number of hydrogen-bond donors (Lipinski definition) is 2. The lowest BCUT2D eigenvalue weighted by Gasteiger charge is -2.54. The van der Waals surface area contributed by atoms with E-state index in [0.717, 1.165) is 6.61 Å². The fourth-order valence-corrected chi connectivity index (χ4v) is 4.90. The maximum Gasteiger partial charge on any atom is 0.408 e. The van der Waals surface area contributed by atoms with E-state index in [1.54, 1.807) is 37.7 Å². The third kappa shape index (κ3) is 7.73. The first-order valence-corrected chi connectivity index (χ1v) is 13.5. The monoisotopic (exact) mass is 581 g/mol. The summed E-state index contributed by atoms with van der Waals surface area (Å²) in [6.07, 6.45) is 3.27. The van der Waals surface area contributed by atoms with Gasteiger partial charge < -0.3 is 33.9 Å². The molecule has 2 unspecified atom stereocenters. The number of carbonyl (C=O) groups excluding carboxylic acids is 4. The molecule has 0 aliphatic carbocycles. The van der Waals surface area contributed by atoms with Crippen molar-refractivity contribution in [1.82, 2.24) is 25.2 Å². The largest absolute Gasteiger partial charge is 0.464 e. The number of amides is 2. The number of hydrogen-bond acceptors (Lipinski definition) is 12. The number of aromatic nitrogens is 3. The molecule has 2 saturated heterocycles. The number of thiol groups is 1. The molecule has 1 aromatic heterocycles. The fraction of sp³-hybridized carbons (Fsp3) is 0.680. The molecule has 0 saturated carbocycles. The van der Waals surface area contributed by atoms with Crippen LogP contribution in [0, 0.1) is 0 Å². The minimum absolute atomic E-state index is 0.0531. The normalized spacial score (nSPS) is 25.3. The minimum Gasteiger partial charge on any atom is -0.464 e. The molecule has 2 fully saturated rings. The smallest absolute Gasteiger partial charge is 0.408 e. The summed E-state index contributed by atoms with van der Waals surface area (Å²) in [7, 11) is 0. The fourth-order valence-electron chi connectivity index (χ4n) is 4.39. The van der Waals surface area contributed by atoms with E-state index in [4.69, 9.17) is 23.7 Å². The lowest BCUT2D eigenvalue weighted by Crippen LogP contribution is -2.78. The predicted molar refractivity (Wildman–Crippen MR) is 140 cm³/mol. The van der Waals surface area contributed by atoms with Gasteiger partial charge in [-0.3, -0.25) is 14.3 Å².